The summed E-state index contributed by atoms with van der Waals surface area (Å²) < 4.78 is 10.1. The Balaban J connectivity index is 1.88. The average molecular weight is 392 g/mol. The highest BCUT2D eigenvalue weighted by Crippen LogP contribution is 2.30. The number of β-lactam (4-membered cyclic amide) rings is 1. The van der Waals surface area contributed by atoms with Gasteiger partial charge in [-0.05, 0) is 25.1 Å². The molecule has 0 unspecified atom stereocenters. The minimum absolute atomic E-state index is 0.0662. The van der Waals surface area contributed by atoms with Crippen LogP contribution in [-0.4, -0.2) is 38.2 Å². The number of carbonyl (C=O) groups is 2. The molecule has 1 saturated heterocycles. The number of allylic oxidation sites excluding steroid dienone is 1. The van der Waals surface area contributed by atoms with Gasteiger partial charge in [-0.15, -0.1) is 0 Å². The van der Waals surface area contributed by atoms with Crippen molar-refractivity contribution in [2.24, 2.45) is 0 Å². The first-order valence-electron chi connectivity index (χ1n) is 9.27. The maximum absolute atomic E-state index is 12.9. The van der Waals surface area contributed by atoms with E-state index in [0.717, 1.165) is 17.0 Å². The summed E-state index contributed by atoms with van der Waals surface area (Å²) in [6.45, 7) is 1.73. The fourth-order valence-electron chi connectivity index (χ4n) is 3.27. The molecule has 0 spiro atoms. The van der Waals surface area contributed by atoms with E-state index in [1.54, 1.807) is 18.9 Å². The van der Waals surface area contributed by atoms with Crippen LogP contribution >= 0.6 is 0 Å². The third kappa shape index (κ3) is 4.48. The zero-order chi connectivity index (χ0) is 20.8. The third-order valence-electron chi connectivity index (χ3n) is 4.71. The molecule has 2 atom stereocenters. The molecule has 1 fully saturated rings. The van der Waals surface area contributed by atoms with Crippen LogP contribution in [0.15, 0.2) is 72.4 Å². The second-order valence-electron chi connectivity index (χ2n) is 6.61. The Hall–Kier alpha value is -3.54. The van der Waals surface area contributed by atoms with Gasteiger partial charge >= 0.3 is 5.97 Å². The first kappa shape index (κ1) is 20.2. The summed E-state index contributed by atoms with van der Waals surface area (Å²) in [6.07, 6.45) is 5.24. The van der Waals surface area contributed by atoms with Crippen molar-refractivity contribution in [3.8, 4) is 5.75 Å². The van der Waals surface area contributed by atoms with Crippen molar-refractivity contribution < 1.29 is 19.1 Å². The van der Waals surface area contributed by atoms with Gasteiger partial charge in [-0.25, -0.2) is 4.79 Å². The van der Waals surface area contributed by atoms with E-state index in [1.807, 2.05) is 66.7 Å². The topological polar surface area (TPSA) is 67.9 Å². The average Bonchev–Trinajstić information content (AvgIpc) is 2.75. The highest BCUT2D eigenvalue weighted by molar-refractivity contribution is 6.06. The highest BCUT2D eigenvalue weighted by atomic mass is 16.5. The number of methoxy groups -OCH3 is 2. The Bertz CT molecular complexity index is 937. The molecule has 2 aromatic carbocycles. The molecule has 1 heterocycles. The van der Waals surface area contributed by atoms with Gasteiger partial charge in [0, 0.05) is 23.0 Å². The molecule has 6 heteroatoms. The van der Waals surface area contributed by atoms with E-state index in [9.17, 15) is 9.59 Å². The van der Waals surface area contributed by atoms with Crippen molar-refractivity contribution in [3.05, 3.63) is 78.0 Å². The highest BCUT2D eigenvalue weighted by Gasteiger charge is 2.46. The Morgan fingerprint density at radius 2 is 1.76 bits per heavy atom. The summed E-state index contributed by atoms with van der Waals surface area (Å²) >= 11 is 0. The van der Waals surface area contributed by atoms with Crippen molar-refractivity contribution in [1.29, 1.82) is 0 Å². The minimum Gasteiger partial charge on any atom is -0.496 e. The molecule has 1 aliphatic heterocycles. The van der Waals surface area contributed by atoms with Crippen molar-refractivity contribution >= 4 is 23.6 Å². The number of amides is 1. The van der Waals surface area contributed by atoms with Gasteiger partial charge in [0.05, 0.1) is 20.3 Å². The molecule has 150 valence electrons. The standard InChI is InChI=1S/C23H24N2O4/c1-16(15-21(26)29-3)24-22-19(14-13-17-9-7-8-12-20(17)28-2)25(23(22)27)18-10-5-4-6-11-18/h4-15,19,22,24H,1-3H3/b14-13+,16-15-/t19-,22+/m1/s1. The van der Waals surface area contributed by atoms with Gasteiger partial charge in [0.15, 0.2) is 0 Å². The van der Waals surface area contributed by atoms with Crippen LogP contribution in [0.5, 0.6) is 5.75 Å². The molecule has 0 bridgehead atoms. The zero-order valence-corrected chi connectivity index (χ0v) is 16.7. The second-order valence-corrected chi connectivity index (χ2v) is 6.61. The van der Waals surface area contributed by atoms with E-state index < -0.39 is 12.0 Å². The quantitative estimate of drug-likeness (QED) is 0.445. The first-order valence-corrected chi connectivity index (χ1v) is 9.27. The number of hydrogen-bond acceptors (Lipinski definition) is 5. The Morgan fingerprint density at radius 1 is 1.07 bits per heavy atom. The molecule has 0 saturated carbocycles. The van der Waals surface area contributed by atoms with Crippen molar-refractivity contribution in [3.63, 3.8) is 0 Å². The van der Waals surface area contributed by atoms with E-state index >= 15 is 0 Å². The van der Waals surface area contributed by atoms with Gasteiger partial charge in [-0.1, -0.05) is 48.6 Å². The van der Waals surface area contributed by atoms with Gasteiger partial charge in [0.2, 0.25) is 0 Å². The summed E-state index contributed by atoms with van der Waals surface area (Å²) in [7, 11) is 2.94. The van der Waals surface area contributed by atoms with Gasteiger partial charge in [0.25, 0.3) is 5.91 Å². The summed E-state index contributed by atoms with van der Waals surface area (Å²) in [4.78, 5) is 26.1. The largest absolute Gasteiger partial charge is 0.496 e. The lowest BCUT2D eigenvalue weighted by atomic mass is 9.92. The van der Waals surface area contributed by atoms with E-state index in [2.05, 4.69) is 10.1 Å². The number of rotatable bonds is 7. The van der Waals surface area contributed by atoms with E-state index in [-0.39, 0.29) is 11.9 Å². The number of esters is 1. The normalized spacial score (nSPS) is 19.1. The maximum atomic E-state index is 12.9. The molecule has 1 amide bonds. The monoisotopic (exact) mass is 392 g/mol. The number of para-hydroxylation sites is 2. The Morgan fingerprint density at radius 3 is 2.45 bits per heavy atom. The fourth-order valence-corrected chi connectivity index (χ4v) is 3.27. The summed E-state index contributed by atoms with van der Waals surface area (Å²) in [5.41, 5.74) is 2.31. The van der Waals surface area contributed by atoms with Crippen molar-refractivity contribution in [2.45, 2.75) is 19.0 Å². The lowest BCUT2D eigenvalue weighted by Gasteiger charge is -2.46. The predicted octanol–water partition coefficient (Wildman–Crippen LogP) is 3.16. The van der Waals surface area contributed by atoms with Gasteiger partial charge in [-0.3, -0.25) is 4.79 Å². The van der Waals surface area contributed by atoms with Crippen LogP contribution < -0.4 is 15.0 Å². The number of nitrogens with one attached hydrogen (secondary N) is 1. The molecule has 29 heavy (non-hydrogen) atoms. The van der Waals surface area contributed by atoms with Crippen LogP contribution in [0.3, 0.4) is 0 Å². The van der Waals surface area contributed by atoms with Crippen LogP contribution in [-0.2, 0) is 14.3 Å². The van der Waals surface area contributed by atoms with Crippen LogP contribution in [0.1, 0.15) is 12.5 Å². The molecule has 0 radical (unpaired) electrons. The Labute approximate surface area is 170 Å². The van der Waals surface area contributed by atoms with E-state index in [1.165, 1.54) is 13.2 Å². The molecular weight excluding hydrogens is 368 g/mol. The fraction of sp³-hybridized carbons (Fsp3) is 0.217. The lowest BCUT2D eigenvalue weighted by Crippen LogP contribution is -2.69. The van der Waals surface area contributed by atoms with E-state index in [4.69, 9.17) is 4.74 Å². The molecule has 6 nitrogen and oxygen atoms in total. The second kappa shape index (κ2) is 9.10. The summed E-state index contributed by atoms with van der Waals surface area (Å²) in [5.74, 6) is 0.221. The molecule has 3 rings (SSSR count). The SMILES string of the molecule is COC(=O)/C=C(/C)N[C@@H]1C(=O)N(c2ccccc2)[C@@H]1/C=C/c1ccccc1OC. The predicted molar refractivity (Wildman–Crippen MR) is 112 cm³/mol. The number of ether oxygens (including phenoxy) is 2. The van der Waals surface area contributed by atoms with Crippen LogP contribution in [0, 0.1) is 0 Å². The molecule has 0 aliphatic carbocycles. The van der Waals surface area contributed by atoms with Crippen LogP contribution in [0.2, 0.25) is 0 Å². The van der Waals surface area contributed by atoms with Crippen molar-refractivity contribution in [1.82, 2.24) is 5.32 Å². The molecule has 0 aromatic heterocycles. The molecule has 2 aromatic rings. The smallest absolute Gasteiger partial charge is 0.332 e. The minimum atomic E-state index is -0.484. The van der Waals surface area contributed by atoms with Gasteiger partial charge in [-0.2, -0.15) is 0 Å². The lowest BCUT2D eigenvalue weighted by molar-refractivity contribution is -0.135. The van der Waals surface area contributed by atoms with E-state index in [0.29, 0.717) is 5.70 Å². The molecule has 1 aliphatic rings. The number of nitrogens with zero attached hydrogens (tertiary/aromatic N) is 1. The van der Waals surface area contributed by atoms with Crippen LogP contribution in [0.25, 0.3) is 6.08 Å². The maximum Gasteiger partial charge on any atom is 0.332 e. The van der Waals surface area contributed by atoms with Crippen molar-refractivity contribution in [2.75, 3.05) is 19.1 Å². The van der Waals surface area contributed by atoms with Gasteiger partial charge in [0.1, 0.15) is 11.8 Å². The van der Waals surface area contributed by atoms with Crippen LogP contribution in [0.4, 0.5) is 5.69 Å². The molecular formula is C23H24N2O4. The zero-order valence-electron chi connectivity index (χ0n) is 16.7. The number of anilines is 1. The summed E-state index contributed by atoms with van der Waals surface area (Å²) in [5, 5.41) is 3.13. The molecule has 1 N–H and O–H groups in total. The third-order valence-corrected chi connectivity index (χ3v) is 4.71. The summed E-state index contributed by atoms with van der Waals surface area (Å²) in [6, 6.07) is 16.5. The Kier molecular flexibility index (Phi) is 6.34. The van der Waals surface area contributed by atoms with Gasteiger partial charge < -0.3 is 19.7 Å². The number of benzene rings is 2. The first-order chi connectivity index (χ1) is 14.0. The number of carbonyl (C=O) groups excluding carboxylic acids is 2. The number of hydrogen-bond donors (Lipinski definition) is 1.